The summed E-state index contributed by atoms with van der Waals surface area (Å²) in [6.45, 7) is 8.94. The summed E-state index contributed by atoms with van der Waals surface area (Å²) in [5.74, 6) is 0.166. The molecule has 1 N–H and O–H groups in total. The van der Waals surface area contributed by atoms with Crippen molar-refractivity contribution >= 4 is 17.5 Å². The van der Waals surface area contributed by atoms with E-state index in [0.717, 1.165) is 43.3 Å². The van der Waals surface area contributed by atoms with E-state index in [4.69, 9.17) is 11.6 Å². The van der Waals surface area contributed by atoms with Crippen molar-refractivity contribution in [2.24, 2.45) is 0 Å². The molecule has 1 fully saturated rings. The van der Waals surface area contributed by atoms with Gasteiger partial charge < -0.3 is 10.2 Å². The zero-order chi connectivity index (χ0) is 19.2. The summed E-state index contributed by atoms with van der Waals surface area (Å²) in [5.41, 5.74) is 3.79. The zero-order valence-corrected chi connectivity index (χ0v) is 16.9. The number of aryl methyl sites for hydroxylation is 1. The summed E-state index contributed by atoms with van der Waals surface area (Å²) in [6.07, 6.45) is 0. The van der Waals surface area contributed by atoms with E-state index in [9.17, 15) is 4.79 Å². The Kier molecular flexibility index (Phi) is 6.89. The molecule has 3 rings (SSSR count). The Morgan fingerprint density at radius 2 is 1.85 bits per heavy atom. The fourth-order valence-electron chi connectivity index (χ4n) is 3.43. The molecule has 2 aromatic carbocycles. The van der Waals surface area contributed by atoms with Gasteiger partial charge in [-0.2, -0.15) is 0 Å². The molecule has 1 saturated heterocycles. The van der Waals surface area contributed by atoms with Gasteiger partial charge in [-0.15, -0.1) is 0 Å². The standard InChI is InChI=1S/C22H28ClN3O/c1-17-6-3-4-7-20(17)16-25-10-12-26(13-11-25)22(27)15-24-18(2)19-8-5-9-21(23)14-19/h3-9,14,18,24H,10-13,15-16H2,1-2H3/t18-/m0/s1. The summed E-state index contributed by atoms with van der Waals surface area (Å²) >= 11 is 6.05. The van der Waals surface area contributed by atoms with Crippen molar-refractivity contribution in [2.45, 2.75) is 26.4 Å². The lowest BCUT2D eigenvalue weighted by molar-refractivity contribution is -0.132. The number of amides is 1. The maximum Gasteiger partial charge on any atom is 0.236 e. The lowest BCUT2D eigenvalue weighted by Crippen LogP contribution is -2.50. The zero-order valence-electron chi connectivity index (χ0n) is 16.1. The van der Waals surface area contributed by atoms with Gasteiger partial charge in [0.1, 0.15) is 0 Å². The van der Waals surface area contributed by atoms with Crippen LogP contribution in [-0.2, 0) is 11.3 Å². The number of hydrogen-bond acceptors (Lipinski definition) is 3. The highest BCUT2D eigenvalue weighted by Gasteiger charge is 2.21. The molecular formula is C22H28ClN3O. The number of benzene rings is 2. The van der Waals surface area contributed by atoms with Gasteiger partial charge >= 0.3 is 0 Å². The van der Waals surface area contributed by atoms with Gasteiger partial charge in [-0.25, -0.2) is 0 Å². The van der Waals surface area contributed by atoms with Crippen LogP contribution in [0.1, 0.15) is 29.7 Å². The fourth-order valence-corrected chi connectivity index (χ4v) is 3.63. The van der Waals surface area contributed by atoms with E-state index in [1.807, 2.05) is 29.2 Å². The van der Waals surface area contributed by atoms with E-state index in [1.165, 1.54) is 11.1 Å². The molecule has 144 valence electrons. The minimum Gasteiger partial charge on any atom is -0.339 e. The summed E-state index contributed by atoms with van der Waals surface area (Å²) in [4.78, 5) is 16.9. The van der Waals surface area contributed by atoms with Crippen LogP contribution in [0.4, 0.5) is 0 Å². The highest BCUT2D eigenvalue weighted by atomic mass is 35.5. The molecule has 1 aliphatic heterocycles. The molecule has 0 aliphatic carbocycles. The summed E-state index contributed by atoms with van der Waals surface area (Å²) in [7, 11) is 0. The first-order valence-corrected chi connectivity index (χ1v) is 9.94. The molecule has 1 atom stereocenters. The lowest BCUT2D eigenvalue weighted by Gasteiger charge is -2.35. The first kappa shape index (κ1) is 19.9. The number of hydrogen-bond donors (Lipinski definition) is 1. The van der Waals surface area contributed by atoms with Gasteiger partial charge in [0.15, 0.2) is 0 Å². The highest BCUT2D eigenvalue weighted by Crippen LogP contribution is 2.17. The second-order valence-electron chi connectivity index (χ2n) is 7.24. The molecule has 0 radical (unpaired) electrons. The van der Waals surface area contributed by atoms with E-state index in [1.54, 1.807) is 0 Å². The Morgan fingerprint density at radius 1 is 1.11 bits per heavy atom. The number of carbonyl (C=O) groups is 1. The third kappa shape index (κ3) is 5.55. The van der Waals surface area contributed by atoms with Crippen molar-refractivity contribution in [2.75, 3.05) is 32.7 Å². The topological polar surface area (TPSA) is 35.6 Å². The number of piperazine rings is 1. The van der Waals surface area contributed by atoms with Gasteiger partial charge in [0, 0.05) is 43.8 Å². The predicted octanol–water partition coefficient (Wildman–Crippen LogP) is 3.64. The van der Waals surface area contributed by atoms with Crippen LogP contribution < -0.4 is 5.32 Å². The SMILES string of the molecule is Cc1ccccc1CN1CCN(C(=O)CN[C@@H](C)c2cccc(Cl)c2)CC1. The van der Waals surface area contributed by atoms with Crippen LogP contribution in [0.2, 0.25) is 5.02 Å². The van der Waals surface area contributed by atoms with E-state index < -0.39 is 0 Å². The number of halogens is 1. The van der Waals surface area contributed by atoms with Crippen LogP contribution >= 0.6 is 11.6 Å². The summed E-state index contributed by atoms with van der Waals surface area (Å²) in [6, 6.07) is 16.4. The minimum absolute atomic E-state index is 0.0926. The van der Waals surface area contributed by atoms with E-state index in [-0.39, 0.29) is 11.9 Å². The third-order valence-corrected chi connectivity index (χ3v) is 5.52. The van der Waals surface area contributed by atoms with Crippen molar-refractivity contribution in [3.63, 3.8) is 0 Å². The smallest absolute Gasteiger partial charge is 0.236 e. The lowest BCUT2D eigenvalue weighted by atomic mass is 10.1. The normalized spacial score (nSPS) is 16.3. The van der Waals surface area contributed by atoms with Crippen LogP contribution in [0.3, 0.4) is 0 Å². The largest absolute Gasteiger partial charge is 0.339 e. The average Bonchev–Trinajstić information content (AvgIpc) is 2.68. The van der Waals surface area contributed by atoms with Crippen molar-refractivity contribution in [3.05, 3.63) is 70.2 Å². The van der Waals surface area contributed by atoms with Crippen LogP contribution in [-0.4, -0.2) is 48.4 Å². The van der Waals surface area contributed by atoms with Crippen LogP contribution in [0.5, 0.6) is 0 Å². The van der Waals surface area contributed by atoms with Gasteiger partial charge in [0.2, 0.25) is 5.91 Å². The molecule has 0 bridgehead atoms. The Labute approximate surface area is 167 Å². The molecule has 0 spiro atoms. The molecule has 4 nitrogen and oxygen atoms in total. The summed E-state index contributed by atoms with van der Waals surface area (Å²) < 4.78 is 0. The van der Waals surface area contributed by atoms with Crippen LogP contribution in [0.25, 0.3) is 0 Å². The third-order valence-electron chi connectivity index (χ3n) is 5.29. The quantitative estimate of drug-likeness (QED) is 0.824. The van der Waals surface area contributed by atoms with Crippen molar-refractivity contribution in [1.29, 1.82) is 0 Å². The molecule has 0 aromatic heterocycles. The Morgan fingerprint density at radius 3 is 2.56 bits per heavy atom. The van der Waals surface area contributed by atoms with E-state index in [2.05, 4.69) is 48.3 Å². The number of carbonyl (C=O) groups excluding carboxylic acids is 1. The highest BCUT2D eigenvalue weighted by molar-refractivity contribution is 6.30. The maximum absolute atomic E-state index is 12.5. The number of nitrogens with zero attached hydrogens (tertiary/aromatic N) is 2. The van der Waals surface area contributed by atoms with Crippen molar-refractivity contribution in [3.8, 4) is 0 Å². The van der Waals surface area contributed by atoms with Gasteiger partial charge in [0.05, 0.1) is 6.54 Å². The Hall–Kier alpha value is -1.88. The van der Waals surface area contributed by atoms with Crippen LogP contribution in [0, 0.1) is 6.92 Å². The fraction of sp³-hybridized carbons (Fsp3) is 0.409. The molecule has 0 saturated carbocycles. The number of rotatable bonds is 6. The predicted molar refractivity (Wildman–Crippen MR) is 111 cm³/mol. The van der Waals surface area contributed by atoms with E-state index >= 15 is 0 Å². The molecule has 1 aliphatic rings. The molecule has 2 aromatic rings. The summed E-state index contributed by atoms with van der Waals surface area (Å²) in [5, 5.41) is 4.04. The monoisotopic (exact) mass is 385 g/mol. The van der Waals surface area contributed by atoms with Gasteiger partial charge in [-0.3, -0.25) is 9.69 Å². The molecule has 5 heteroatoms. The van der Waals surface area contributed by atoms with Crippen molar-refractivity contribution in [1.82, 2.24) is 15.1 Å². The van der Waals surface area contributed by atoms with Gasteiger partial charge in [0.25, 0.3) is 0 Å². The van der Waals surface area contributed by atoms with E-state index in [0.29, 0.717) is 6.54 Å². The van der Waals surface area contributed by atoms with Crippen LogP contribution in [0.15, 0.2) is 48.5 Å². The molecule has 1 heterocycles. The first-order valence-electron chi connectivity index (χ1n) is 9.56. The second kappa shape index (κ2) is 9.36. The van der Waals surface area contributed by atoms with Gasteiger partial charge in [-0.1, -0.05) is 48.0 Å². The molecule has 1 amide bonds. The maximum atomic E-state index is 12.5. The van der Waals surface area contributed by atoms with Gasteiger partial charge in [-0.05, 0) is 42.7 Å². The molecule has 0 unspecified atom stereocenters. The molecular weight excluding hydrogens is 358 g/mol. The second-order valence-corrected chi connectivity index (χ2v) is 7.68. The Balaban J connectivity index is 1.44. The molecule has 27 heavy (non-hydrogen) atoms. The number of nitrogens with one attached hydrogen (secondary N) is 1. The Bertz CT molecular complexity index is 772. The first-order chi connectivity index (χ1) is 13.0. The minimum atomic E-state index is 0.0926. The van der Waals surface area contributed by atoms with Crippen molar-refractivity contribution < 1.29 is 4.79 Å². The average molecular weight is 386 g/mol.